The monoisotopic (exact) mass is 684 g/mol. The van der Waals surface area contributed by atoms with Crippen molar-refractivity contribution in [2.24, 2.45) is 0 Å². The molecule has 19 atom stereocenters. The van der Waals surface area contributed by atoms with Crippen LogP contribution >= 0.6 is 0 Å². The first-order chi connectivity index (χ1) is 21.6. The van der Waals surface area contributed by atoms with Gasteiger partial charge in [-0.3, -0.25) is 0 Å². The van der Waals surface area contributed by atoms with Crippen molar-refractivity contribution in [3.8, 4) is 0 Å². The summed E-state index contributed by atoms with van der Waals surface area (Å²) in [6.45, 7) is -3.67. The van der Waals surface area contributed by atoms with Crippen LogP contribution in [0.25, 0.3) is 0 Å². The number of hydrogen-bond acceptors (Lipinski definition) is 22. The van der Waals surface area contributed by atoms with Crippen LogP contribution in [-0.2, 0) is 28.4 Å². The first-order valence-electron chi connectivity index (χ1n) is 14.1. The van der Waals surface area contributed by atoms with Gasteiger partial charge in [0.25, 0.3) is 0 Å². The van der Waals surface area contributed by atoms with E-state index < -0.39 is 149 Å². The van der Waals surface area contributed by atoms with Gasteiger partial charge in [-0.2, -0.15) is 0 Å². The molecule has 46 heavy (non-hydrogen) atoms. The Morgan fingerprint density at radius 3 is 1.39 bits per heavy atom. The van der Waals surface area contributed by atoms with E-state index >= 15 is 0 Å². The molecular weight excluding hydrogens is 640 g/mol. The normalized spacial score (nSPS) is 51.4. The highest BCUT2D eigenvalue weighted by Crippen LogP contribution is 2.36. The van der Waals surface area contributed by atoms with E-state index in [1.807, 2.05) is 0 Å². The summed E-state index contributed by atoms with van der Waals surface area (Å²) in [7, 11) is 0. The third-order valence-corrected chi connectivity index (χ3v) is 8.05. The third-order valence-electron chi connectivity index (χ3n) is 8.05. The Labute approximate surface area is 260 Å². The number of hydrogen-bond donors (Lipinski definition) is 16. The quantitative estimate of drug-likeness (QED) is 0.107. The lowest BCUT2D eigenvalue weighted by Gasteiger charge is -2.45. The fourth-order valence-corrected chi connectivity index (χ4v) is 5.20. The first kappa shape index (κ1) is 39.6. The van der Waals surface area contributed by atoms with Gasteiger partial charge in [0.2, 0.25) is 5.79 Å². The molecule has 4 aliphatic heterocycles. The smallest absolute Gasteiger partial charge is 0.224 e. The van der Waals surface area contributed by atoms with E-state index in [0.29, 0.717) is 0 Å². The lowest BCUT2D eigenvalue weighted by molar-refractivity contribution is -0.383. The maximum atomic E-state index is 10.00. The molecule has 272 valence electrons. The van der Waals surface area contributed by atoms with Crippen molar-refractivity contribution in [2.45, 2.75) is 116 Å². The van der Waals surface area contributed by atoms with Gasteiger partial charge in [-0.1, -0.05) is 0 Å². The Kier molecular flexibility index (Phi) is 14.3. The van der Waals surface area contributed by atoms with Crippen molar-refractivity contribution in [3.05, 3.63) is 0 Å². The molecular formula is C24H44O22. The van der Waals surface area contributed by atoms with Crippen LogP contribution in [0.5, 0.6) is 0 Å². The average Bonchev–Trinajstić information content (AvgIpc) is 3.30. The number of rotatable bonds is 9. The van der Waals surface area contributed by atoms with Gasteiger partial charge >= 0.3 is 0 Å². The van der Waals surface area contributed by atoms with Gasteiger partial charge in [0, 0.05) is 0 Å². The highest BCUT2D eigenvalue weighted by Gasteiger charge is 2.58. The Hall–Kier alpha value is -0.880. The van der Waals surface area contributed by atoms with Crippen LogP contribution in [0.4, 0.5) is 0 Å². The van der Waals surface area contributed by atoms with Gasteiger partial charge in [-0.25, -0.2) is 0 Å². The Balaban J connectivity index is 0.000000250. The van der Waals surface area contributed by atoms with E-state index in [4.69, 9.17) is 43.7 Å². The number of aliphatic hydroxyl groups excluding tert-OH is 16. The van der Waals surface area contributed by atoms with Gasteiger partial charge in [-0.05, 0) is 0 Å². The predicted molar refractivity (Wildman–Crippen MR) is 137 cm³/mol. The minimum absolute atomic E-state index is 0.667. The molecule has 4 heterocycles. The molecule has 0 amide bonds. The van der Waals surface area contributed by atoms with E-state index in [9.17, 15) is 66.4 Å². The van der Waals surface area contributed by atoms with Crippen LogP contribution in [0, 0.1) is 0 Å². The summed E-state index contributed by atoms with van der Waals surface area (Å²) >= 11 is 0. The maximum Gasteiger partial charge on any atom is 0.224 e. The molecule has 16 N–H and O–H groups in total. The highest BCUT2D eigenvalue weighted by molar-refractivity contribution is 4.98. The summed E-state index contributed by atoms with van der Waals surface area (Å²) in [5.74, 6) is -2.22. The zero-order valence-electron chi connectivity index (χ0n) is 24.0. The van der Waals surface area contributed by atoms with Crippen molar-refractivity contribution in [1.82, 2.24) is 0 Å². The minimum Gasteiger partial charge on any atom is -0.394 e. The van der Waals surface area contributed by atoms with E-state index in [1.54, 1.807) is 0 Å². The molecule has 0 aliphatic carbocycles. The molecule has 0 aromatic heterocycles. The molecule has 4 rings (SSSR count). The Bertz CT molecular complexity index is 913. The zero-order valence-corrected chi connectivity index (χ0v) is 24.0. The lowest BCUT2D eigenvalue weighted by atomic mass is 9.97. The van der Waals surface area contributed by atoms with Crippen molar-refractivity contribution >= 4 is 0 Å². The molecule has 0 saturated carbocycles. The third kappa shape index (κ3) is 7.95. The summed E-state index contributed by atoms with van der Waals surface area (Å²) in [5.41, 5.74) is 0. The van der Waals surface area contributed by atoms with Crippen molar-refractivity contribution < 1.29 is 110 Å². The van der Waals surface area contributed by atoms with Gasteiger partial charge < -0.3 is 110 Å². The second-order valence-corrected chi connectivity index (χ2v) is 11.1. The van der Waals surface area contributed by atoms with Crippen LogP contribution < -0.4 is 0 Å². The molecule has 0 aromatic carbocycles. The van der Waals surface area contributed by atoms with Crippen molar-refractivity contribution in [2.75, 3.05) is 33.0 Å². The second kappa shape index (κ2) is 16.7. The van der Waals surface area contributed by atoms with Gasteiger partial charge in [0.15, 0.2) is 18.9 Å². The van der Waals surface area contributed by atoms with Crippen LogP contribution in [0.2, 0.25) is 0 Å². The molecule has 0 unspecified atom stereocenters. The topological polar surface area (TPSA) is 379 Å². The van der Waals surface area contributed by atoms with E-state index in [-0.39, 0.29) is 0 Å². The van der Waals surface area contributed by atoms with Gasteiger partial charge in [0.05, 0.1) is 26.4 Å². The van der Waals surface area contributed by atoms with Crippen molar-refractivity contribution in [1.29, 1.82) is 0 Å². The van der Waals surface area contributed by atoms with Crippen LogP contribution in [0.15, 0.2) is 0 Å². The molecule has 4 saturated heterocycles. The Morgan fingerprint density at radius 1 is 0.457 bits per heavy atom. The first-order valence-corrected chi connectivity index (χ1v) is 14.1. The molecule has 4 aliphatic rings. The van der Waals surface area contributed by atoms with Gasteiger partial charge in [0.1, 0.15) is 98.2 Å². The molecule has 0 bridgehead atoms. The molecule has 22 nitrogen and oxygen atoms in total. The maximum absolute atomic E-state index is 10.00. The molecule has 0 radical (unpaired) electrons. The van der Waals surface area contributed by atoms with E-state index in [0.717, 1.165) is 0 Å². The second-order valence-electron chi connectivity index (χ2n) is 11.1. The molecule has 0 aromatic rings. The average molecular weight is 685 g/mol. The molecule has 0 spiro atoms. The summed E-state index contributed by atoms with van der Waals surface area (Å²) in [6, 6.07) is 0. The zero-order chi connectivity index (χ0) is 34.7. The largest absolute Gasteiger partial charge is 0.394 e. The van der Waals surface area contributed by atoms with Crippen LogP contribution in [0.3, 0.4) is 0 Å². The standard InChI is InChI=1S/2C12H22O11/c13-1-4-6(16)8(18)9(19)11(21-4)23-12(3-15)10(20)7(17)5(2-14)22-12;13-1-3-5(15)6(16)9(19)12(22-3)23-10-4(2-14)21-11(20)8(18)7(10)17/h4-11,13-20H,1-3H2;3-20H,1-2H2/t4-,5-,6-,7-,8+,9-,10+,11-,12+;3-,4-,5-,6+,7-,8-,9-,10-,11-,12-/m11/s1. The van der Waals surface area contributed by atoms with Crippen LogP contribution in [0.1, 0.15) is 0 Å². The summed E-state index contributed by atoms with van der Waals surface area (Å²) in [4.78, 5) is 0. The van der Waals surface area contributed by atoms with Gasteiger partial charge in [-0.15, -0.1) is 0 Å². The number of ether oxygens (including phenoxy) is 6. The van der Waals surface area contributed by atoms with Crippen molar-refractivity contribution in [3.63, 3.8) is 0 Å². The molecule has 22 heteroatoms. The SMILES string of the molecule is OC[C@H]1O[C@@](CO)(O[C@H]2O[C@H](CO)[C@@H](O)[C@H](O)[C@H]2O)[C@@H](O)[C@@H]1O.OC[C@H]1O[C@H](O[C@H]2[C@H](O)[C@@H](O)[C@H](O)O[C@@H]2CO)[C@H](O)[C@@H](O)[C@@H]1O. The fourth-order valence-electron chi connectivity index (χ4n) is 5.20. The van der Waals surface area contributed by atoms with E-state index in [2.05, 4.69) is 0 Å². The molecule has 4 fully saturated rings. The summed E-state index contributed by atoms with van der Waals surface area (Å²) in [5, 5.41) is 153. The predicted octanol–water partition coefficient (Wildman–Crippen LogP) is -10.8. The lowest BCUT2D eigenvalue weighted by Crippen LogP contribution is -2.64. The number of aliphatic hydroxyl groups is 16. The minimum atomic E-state index is -2.22. The summed E-state index contributed by atoms with van der Waals surface area (Å²) in [6.07, 6.45) is -28.2. The summed E-state index contributed by atoms with van der Waals surface area (Å²) < 4.78 is 30.7. The highest BCUT2D eigenvalue weighted by atomic mass is 16.8. The fraction of sp³-hybridized carbons (Fsp3) is 1.00. The Morgan fingerprint density at radius 2 is 0.935 bits per heavy atom. The van der Waals surface area contributed by atoms with Crippen LogP contribution in [-0.4, -0.2) is 231 Å². The van der Waals surface area contributed by atoms with E-state index in [1.165, 1.54) is 0 Å².